The highest BCUT2D eigenvalue weighted by molar-refractivity contribution is 5.78. The average Bonchev–Trinajstić information content (AvgIpc) is 3.16. The van der Waals surface area contributed by atoms with Gasteiger partial charge in [0.2, 0.25) is 5.91 Å². The van der Waals surface area contributed by atoms with E-state index in [1.54, 1.807) is 4.90 Å². The van der Waals surface area contributed by atoms with Crippen molar-refractivity contribution in [2.45, 2.75) is 31.6 Å². The van der Waals surface area contributed by atoms with Crippen LogP contribution in [0.4, 0.5) is 0 Å². The van der Waals surface area contributed by atoms with Crippen LogP contribution in [0.5, 0.6) is 0 Å². The molecule has 3 rings (SSSR count). The summed E-state index contributed by atoms with van der Waals surface area (Å²) in [5, 5.41) is 8.27. The molecule has 4 nitrogen and oxygen atoms in total. The second-order valence-electron chi connectivity index (χ2n) is 4.84. The normalized spacial score (nSPS) is 18.7. The Morgan fingerprint density at radius 1 is 1.33 bits per heavy atom. The number of carbonyl (C=O) groups excluding carboxylic acids is 1. The van der Waals surface area contributed by atoms with Crippen LogP contribution in [0.3, 0.4) is 0 Å². The maximum atomic E-state index is 11.4. The van der Waals surface area contributed by atoms with E-state index in [0.29, 0.717) is 24.6 Å². The standard InChI is InChI=1S/C14H15N3O/c18-14-4-2-10-17(14)9-1-3-12-7-8-13(16-15-12)11-5-6-11/h7-8,11H,2,4-6,9-10H2. The first-order valence-electron chi connectivity index (χ1n) is 6.43. The molecule has 2 heterocycles. The Kier molecular flexibility index (Phi) is 2.97. The predicted molar refractivity (Wildman–Crippen MR) is 66.7 cm³/mol. The monoisotopic (exact) mass is 241 g/mol. The van der Waals surface area contributed by atoms with E-state index in [9.17, 15) is 4.79 Å². The zero-order chi connectivity index (χ0) is 12.4. The number of aromatic nitrogens is 2. The topological polar surface area (TPSA) is 46.1 Å². The number of amides is 1. The van der Waals surface area contributed by atoms with Gasteiger partial charge in [-0.05, 0) is 37.3 Å². The minimum atomic E-state index is 0.208. The Balaban J connectivity index is 1.60. The van der Waals surface area contributed by atoms with Gasteiger partial charge in [0.1, 0.15) is 5.69 Å². The Morgan fingerprint density at radius 2 is 2.22 bits per heavy atom. The smallest absolute Gasteiger partial charge is 0.223 e. The van der Waals surface area contributed by atoms with Gasteiger partial charge in [0, 0.05) is 18.9 Å². The van der Waals surface area contributed by atoms with Gasteiger partial charge in [0.15, 0.2) is 0 Å². The molecular formula is C14H15N3O. The summed E-state index contributed by atoms with van der Waals surface area (Å²) < 4.78 is 0. The fraction of sp³-hybridized carbons (Fsp3) is 0.500. The van der Waals surface area contributed by atoms with Gasteiger partial charge >= 0.3 is 0 Å². The number of carbonyl (C=O) groups is 1. The van der Waals surface area contributed by atoms with Gasteiger partial charge in [-0.1, -0.05) is 5.92 Å². The lowest BCUT2D eigenvalue weighted by molar-refractivity contribution is -0.127. The van der Waals surface area contributed by atoms with Gasteiger partial charge in [0.05, 0.1) is 12.2 Å². The molecule has 0 bridgehead atoms. The molecule has 0 radical (unpaired) electrons. The second-order valence-corrected chi connectivity index (χ2v) is 4.84. The quantitative estimate of drug-likeness (QED) is 0.734. The maximum Gasteiger partial charge on any atom is 0.223 e. The molecule has 1 saturated heterocycles. The number of hydrogen-bond donors (Lipinski definition) is 0. The fourth-order valence-electron chi connectivity index (χ4n) is 2.10. The molecule has 1 saturated carbocycles. The fourth-order valence-corrected chi connectivity index (χ4v) is 2.10. The molecule has 0 atom stereocenters. The number of rotatable bonds is 2. The van der Waals surface area contributed by atoms with Crippen LogP contribution in [0.2, 0.25) is 0 Å². The van der Waals surface area contributed by atoms with Crippen molar-refractivity contribution in [2.24, 2.45) is 0 Å². The molecule has 1 aliphatic heterocycles. The molecule has 0 unspecified atom stereocenters. The molecule has 2 fully saturated rings. The third kappa shape index (κ3) is 2.51. The van der Waals surface area contributed by atoms with Crippen molar-refractivity contribution < 1.29 is 4.79 Å². The Hall–Kier alpha value is -1.89. The highest BCUT2D eigenvalue weighted by Crippen LogP contribution is 2.38. The molecule has 92 valence electrons. The molecular weight excluding hydrogens is 226 g/mol. The molecule has 2 aliphatic rings. The van der Waals surface area contributed by atoms with E-state index in [-0.39, 0.29) is 5.91 Å². The maximum absolute atomic E-state index is 11.4. The van der Waals surface area contributed by atoms with Crippen LogP contribution in [0, 0.1) is 11.8 Å². The van der Waals surface area contributed by atoms with Crippen LogP contribution in [0.25, 0.3) is 0 Å². The van der Waals surface area contributed by atoms with Crippen LogP contribution < -0.4 is 0 Å². The minimum Gasteiger partial charge on any atom is -0.332 e. The van der Waals surface area contributed by atoms with Crippen LogP contribution >= 0.6 is 0 Å². The van der Waals surface area contributed by atoms with E-state index >= 15 is 0 Å². The summed E-state index contributed by atoms with van der Waals surface area (Å²) in [6.07, 6.45) is 4.08. The van der Waals surface area contributed by atoms with Crippen molar-refractivity contribution in [3.8, 4) is 11.8 Å². The second kappa shape index (κ2) is 4.77. The van der Waals surface area contributed by atoms with Gasteiger partial charge in [0.25, 0.3) is 0 Å². The van der Waals surface area contributed by atoms with Gasteiger partial charge in [-0.25, -0.2) is 0 Å². The van der Waals surface area contributed by atoms with Gasteiger partial charge in [-0.15, -0.1) is 5.10 Å². The summed E-state index contributed by atoms with van der Waals surface area (Å²) in [4.78, 5) is 13.2. The van der Waals surface area contributed by atoms with E-state index in [2.05, 4.69) is 22.0 Å². The molecule has 0 spiro atoms. The molecule has 4 heteroatoms. The third-order valence-electron chi connectivity index (χ3n) is 3.34. The van der Waals surface area contributed by atoms with Crippen molar-refractivity contribution >= 4 is 5.91 Å². The molecule has 18 heavy (non-hydrogen) atoms. The summed E-state index contributed by atoms with van der Waals surface area (Å²) in [6.45, 7) is 1.34. The summed E-state index contributed by atoms with van der Waals surface area (Å²) >= 11 is 0. The van der Waals surface area contributed by atoms with E-state index in [1.165, 1.54) is 12.8 Å². The molecule has 0 aromatic carbocycles. The molecule has 1 amide bonds. The Bertz CT molecular complexity index is 508. The number of likely N-dealkylation sites (tertiary alicyclic amines) is 1. The first-order chi connectivity index (χ1) is 8.83. The summed E-state index contributed by atoms with van der Waals surface area (Å²) in [5.74, 6) is 6.79. The third-order valence-corrected chi connectivity index (χ3v) is 3.34. The largest absolute Gasteiger partial charge is 0.332 e. The number of nitrogens with zero attached hydrogens (tertiary/aromatic N) is 3. The van der Waals surface area contributed by atoms with Crippen LogP contribution in [0.15, 0.2) is 12.1 Å². The van der Waals surface area contributed by atoms with Crippen LogP contribution in [-0.2, 0) is 4.79 Å². The Morgan fingerprint density at radius 3 is 2.83 bits per heavy atom. The highest BCUT2D eigenvalue weighted by atomic mass is 16.2. The molecule has 0 N–H and O–H groups in total. The predicted octanol–water partition coefficient (Wildman–Crippen LogP) is 1.33. The van der Waals surface area contributed by atoms with E-state index < -0.39 is 0 Å². The SMILES string of the molecule is O=C1CCCN1CC#Cc1ccc(C2CC2)nn1. The van der Waals surface area contributed by atoms with Crippen LogP contribution in [0.1, 0.15) is 43.0 Å². The zero-order valence-corrected chi connectivity index (χ0v) is 10.2. The van der Waals surface area contributed by atoms with E-state index in [1.807, 2.05) is 12.1 Å². The van der Waals surface area contributed by atoms with Crippen molar-refractivity contribution in [1.29, 1.82) is 0 Å². The van der Waals surface area contributed by atoms with Crippen molar-refractivity contribution in [3.63, 3.8) is 0 Å². The average molecular weight is 241 g/mol. The lowest BCUT2D eigenvalue weighted by Crippen LogP contribution is -2.24. The summed E-state index contributed by atoms with van der Waals surface area (Å²) in [5.41, 5.74) is 1.77. The lowest BCUT2D eigenvalue weighted by atomic mass is 10.2. The van der Waals surface area contributed by atoms with E-state index in [0.717, 1.165) is 18.7 Å². The van der Waals surface area contributed by atoms with E-state index in [4.69, 9.17) is 0 Å². The summed E-state index contributed by atoms with van der Waals surface area (Å²) in [6, 6.07) is 3.93. The van der Waals surface area contributed by atoms with Gasteiger partial charge < -0.3 is 4.90 Å². The number of hydrogen-bond acceptors (Lipinski definition) is 3. The minimum absolute atomic E-state index is 0.208. The van der Waals surface area contributed by atoms with Crippen LogP contribution in [-0.4, -0.2) is 34.1 Å². The van der Waals surface area contributed by atoms with Crippen molar-refractivity contribution in [1.82, 2.24) is 15.1 Å². The zero-order valence-electron chi connectivity index (χ0n) is 10.2. The highest BCUT2D eigenvalue weighted by Gasteiger charge is 2.25. The lowest BCUT2D eigenvalue weighted by Gasteiger charge is -2.09. The van der Waals surface area contributed by atoms with Gasteiger partial charge in [-0.2, -0.15) is 5.10 Å². The first kappa shape index (κ1) is 11.2. The molecule has 1 aromatic heterocycles. The van der Waals surface area contributed by atoms with Crippen molar-refractivity contribution in [3.05, 3.63) is 23.5 Å². The Labute approximate surface area is 106 Å². The first-order valence-corrected chi connectivity index (χ1v) is 6.43. The molecule has 1 aromatic rings. The summed E-state index contributed by atoms with van der Waals surface area (Å²) in [7, 11) is 0. The molecule has 1 aliphatic carbocycles. The van der Waals surface area contributed by atoms with Crippen molar-refractivity contribution in [2.75, 3.05) is 13.1 Å². The van der Waals surface area contributed by atoms with Gasteiger partial charge in [-0.3, -0.25) is 4.79 Å².